The number of ether oxygens (including phenoxy) is 1. The summed E-state index contributed by atoms with van der Waals surface area (Å²) in [4.78, 5) is 24.7. The summed E-state index contributed by atoms with van der Waals surface area (Å²) in [6, 6.07) is -0.366. The van der Waals surface area contributed by atoms with E-state index in [-0.39, 0.29) is 24.3 Å². The number of carbonyl (C=O) groups excluding carboxylic acids is 1. The molecule has 104 valence electrons. The van der Waals surface area contributed by atoms with Crippen molar-refractivity contribution < 1.29 is 19.4 Å². The third kappa shape index (κ3) is 3.96. The lowest BCUT2D eigenvalue weighted by Crippen LogP contribution is -2.52. The third-order valence-corrected chi connectivity index (χ3v) is 3.19. The molecular weight excluding hydrogens is 236 g/mol. The number of carboxylic acids is 1. The monoisotopic (exact) mass is 258 g/mol. The molecule has 18 heavy (non-hydrogen) atoms. The van der Waals surface area contributed by atoms with Crippen molar-refractivity contribution in [1.29, 1.82) is 0 Å². The number of rotatable bonds is 6. The molecule has 0 spiro atoms. The van der Waals surface area contributed by atoms with Crippen molar-refractivity contribution in [3.05, 3.63) is 0 Å². The van der Waals surface area contributed by atoms with Crippen molar-refractivity contribution in [1.82, 2.24) is 4.90 Å². The van der Waals surface area contributed by atoms with E-state index < -0.39 is 5.97 Å². The van der Waals surface area contributed by atoms with Crippen LogP contribution in [0.4, 0.5) is 0 Å². The molecule has 1 heterocycles. The fraction of sp³-hybridized carbons (Fsp3) is 0.833. The highest BCUT2D eigenvalue weighted by molar-refractivity contribution is 5.80. The van der Waals surface area contributed by atoms with E-state index in [1.165, 1.54) is 0 Å². The minimum absolute atomic E-state index is 0.0334. The Kier molecular flexibility index (Phi) is 6.07. The molecule has 2 unspecified atom stereocenters. The number of nitrogens with two attached hydrogens (primary N) is 1. The molecular formula is C12H22N2O4. The van der Waals surface area contributed by atoms with Gasteiger partial charge in [0.05, 0.1) is 31.6 Å². The molecule has 1 aliphatic heterocycles. The summed E-state index contributed by atoms with van der Waals surface area (Å²) < 4.78 is 5.25. The van der Waals surface area contributed by atoms with Crippen LogP contribution >= 0.6 is 0 Å². The summed E-state index contributed by atoms with van der Waals surface area (Å²) in [6.45, 7) is 3.53. The lowest BCUT2D eigenvalue weighted by Gasteiger charge is -2.36. The van der Waals surface area contributed by atoms with Gasteiger partial charge in [0.25, 0.3) is 0 Å². The zero-order valence-electron chi connectivity index (χ0n) is 10.8. The molecule has 1 rings (SSSR count). The fourth-order valence-electron chi connectivity index (χ4n) is 2.24. The van der Waals surface area contributed by atoms with Crippen LogP contribution in [-0.4, -0.2) is 54.2 Å². The maximum atomic E-state index is 12.3. The molecule has 1 saturated heterocycles. The van der Waals surface area contributed by atoms with Gasteiger partial charge in [-0.2, -0.15) is 0 Å². The molecule has 1 aliphatic rings. The number of nitrogens with zero attached hydrogens (tertiary/aromatic N) is 1. The molecule has 0 aromatic rings. The van der Waals surface area contributed by atoms with Crippen LogP contribution in [0.5, 0.6) is 0 Å². The first-order valence-electron chi connectivity index (χ1n) is 6.40. The number of hydrogen-bond donors (Lipinski definition) is 2. The fourth-order valence-corrected chi connectivity index (χ4v) is 2.24. The van der Waals surface area contributed by atoms with E-state index in [1.54, 1.807) is 4.90 Å². The van der Waals surface area contributed by atoms with E-state index in [0.29, 0.717) is 26.3 Å². The van der Waals surface area contributed by atoms with E-state index in [2.05, 4.69) is 0 Å². The Balaban J connectivity index is 2.69. The smallest absolute Gasteiger partial charge is 0.305 e. The summed E-state index contributed by atoms with van der Waals surface area (Å²) in [7, 11) is 0. The zero-order valence-corrected chi connectivity index (χ0v) is 10.8. The van der Waals surface area contributed by atoms with Crippen molar-refractivity contribution in [3.63, 3.8) is 0 Å². The Labute approximate surface area is 107 Å². The largest absolute Gasteiger partial charge is 0.481 e. The van der Waals surface area contributed by atoms with E-state index in [4.69, 9.17) is 15.6 Å². The third-order valence-electron chi connectivity index (χ3n) is 3.19. The van der Waals surface area contributed by atoms with Gasteiger partial charge in [-0.05, 0) is 6.42 Å². The Morgan fingerprint density at radius 2 is 2.28 bits per heavy atom. The van der Waals surface area contributed by atoms with Crippen LogP contribution in [-0.2, 0) is 14.3 Å². The Morgan fingerprint density at radius 3 is 2.83 bits per heavy atom. The number of carbonyl (C=O) groups is 2. The number of carboxylic acid groups (broad SMARTS) is 1. The maximum absolute atomic E-state index is 12.3. The molecule has 1 amide bonds. The van der Waals surface area contributed by atoms with Gasteiger partial charge in [0.1, 0.15) is 0 Å². The average Bonchev–Trinajstić information content (AvgIpc) is 2.35. The highest BCUT2D eigenvalue weighted by atomic mass is 16.5. The van der Waals surface area contributed by atoms with E-state index in [9.17, 15) is 9.59 Å². The molecule has 3 N–H and O–H groups in total. The van der Waals surface area contributed by atoms with Crippen LogP contribution in [0.1, 0.15) is 26.2 Å². The Hall–Kier alpha value is -1.14. The molecule has 0 aromatic heterocycles. The highest BCUT2D eigenvalue weighted by Crippen LogP contribution is 2.17. The number of hydrogen-bond acceptors (Lipinski definition) is 4. The highest BCUT2D eigenvalue weighted by Gasteiger charge is 2.32. The van der Waals surface area contributed by atoms with Crippen LogP contribution in [0.2, 0.25) is 0 Å². The standard InChI is InChI=1S/C12H22N2O4/c1-2-3-9(7-13)12(17)14-4-5-18-8-10(14)6-11(15)16/h9-10H,2-8,13H2,1H3,(H,15,16). The van der Waals surface area contributed by atoms with Crippen molar-refractivity contribution >= 4 is 11.9 Å². The predicted molar refractivity (Wildman–Crippen MR) is 66.0 cm³/mol. The second-order valence-corrected chi connectivity index (χ2v) is 4.58. The number of morpholine rings is 1. The van der Waals surface area contributed by atoms with Crippen LogP contribution in [0.3, 0.4) is 0 Å². The lowest BCUT2D eigenvalue weighted by atomic mass is 10.00. The van der Waals surface area contributed by atoms with E-state index in [1.807, 2.05) is 6.92 Å². The second kappa shape index (κ2) is 7.33. The summed E-state index contributed by atoms with van der Waals surface area (Å²) >= 11 is 0. The quantitative estimate of drug-likeness (QED) is 0.703. The zero-order chi connectivity index (χ0) is 13.5. The molecule has 2 atom stereocenters. The minimum atomic E-state index is -0.914. The van der Waals surface area contributed by atoms with Gasteiger partial charge in [0.15, 0.2) is 0 Å². The normalized spacial score (nSPS) is 21.7. The first kappa shape index (κ1) is 14.9. The van der Waals surface area contributed by atoms with E-state index in [0.717, 1.165) is 12.8 Å². The number of amides is 1. The molecule has 6 nitrogen and oxygen atoms in total. The Morgan fingerprint density at radius 1 is 1.56 bits per heavy atom. The summed E-state index contributed by atoms with van der Waals surface area (Å²) in [5, 5.41) is 8.85. The molecule has 0 saturated carbocycles. The van der Waals surface area contributed by atoms with Gasteiger partial charge in [-0.1, -0.05) is 13.3 Å². The van der Waals surface area contributed by atoms with Crippen LogP contribution in [0, 0.1) is 5.92 Å². The van der Waals surface area contributed by atoms with Crippen molar-refractivity contribution in [2.45, 2.75) is 32.2 Å². The van der Waals surface area contributed by atoms with Crippen molar-refractivity contribution in [2.75, 3.05) is 26.3 Å². The van der Waals surface area contributed by atoms with E-state index >= 15 is 0 Å². The van der Waals surface area contributed by atoms with Crippen molar-refractivity contribution in [2.24, 2.45) is 11.7 Å². The van der Waals surface area contributed by atoms with Gasteiger partial charge in [-0.25, -0.2) is 0 Å². The first-order valence-corrected chi connectivity index (χ1v) is 6.40. The topological polar surface area (TPSA) is 92.9 Å². The minimum Gasteiger partial charge on any atom is -0.481 e. The summed E-state index contributed by atoms with van der Waals surface area (Å²) in [6.07, 6.45) is 1.56. The SMILES string of the molecule is CCCC(CN)C(=O)N1CCOCC1CC(=O)O. The number of aliphatic carboxylic acids is 1. The van der Waals surface area contributed by atoms with Gasteiger partial charge < -0.3 is 20.5 Å². The second-order valence-electron chi connectivity index (χ2n) is 4.58. The van der Waals surface area contributed by atoms with Gasteiger partial charge in [-0.15, -0.1) is 0 Å². The van der Waals surface area contributed by atoms with Gasteiger partial charge in [-0.3, -0.25) is 9.59 Å². The predicted octanol–water partition coefficient (Wildman–Crippen LogP) is 0.0635. The first-order chi connectivity index (χ1) is 8.60. The van der Waals surface area contributed by atoms with Crippen LogP contribution in [0.25, 0.3) is 0 Å². The summed E-state index contributed by atoms with van der Waals surface area (Å²) in [5.41, 5.74) is 5.62. The lowest BCUT2D eigenvalue weighted by molar-refractivity contribution is -0.149. The van der Waals surface area contributed by atoms with Crippen LogP contribution < -0.4 is 5.73 Å². The Bertz CT molecular complexity index is 296. The molecule has 1 fully saturated rings. The molecule has 0 bridgehead atoms. The molecule has 0 aliphatic carbocycles. The summed E-state index contributed by atoms with van der Waals surface area (Å²) in [5.74, 6) is -1.15. The molecule has 0 aromatic carbocycles. The van der Waals surface area contributed by atoms with Gasteiger partial charge in [0.2, 0.25) is 5.91 Å². The van der Waals surface area contributed by atoms with Gasteiger partial charge in [0, 0.05) is 13.1 Å². The average molecular weight is 258 g/mol. The maximum Gasteiger partial charge on any atom is 0.305 e. The molecule has 0 radical (unpaired) electrons. The van der Waals surface area contributed by atoms with Crippen molar-refractivity contribution in [3.8, 4) is 0 Å². The molecule has 6 heteroatoms. The van der Waals surface area contributed by atoms with Gasteiger partial charge >= 0.3 is 5.97 Å². The van der Waals surface area contributed by atoms with Crippen LogP contribution in [0.15, 0.2) is 0 Å².